The van der Waals surface area contributed by atoms with Crippen LogP contribution in [-0.2, 0) is 16.0 Å². The molecular weight excluding hydrogens is 338 g/mol. The Labute approximate surface area is 150 Å². The minimum Gasteiger partial charge on any atom is -0.342 e. The average molecular weight is 359 g/mol. The molecule has 0 spiro atoms. The highest BCUT2D eigenvalue weighted by Crippen LogP contribution is 2.07. The van der Waals surface area contributed by atoms with Crippen LogP contribution < -0.4 is 16.5 Å². The molecule has 1 aromatic rings. The zero-order valence-electron chi connectivity index (χ0n) is 14.2. The van der Waals surface area contributed by atoms with E-state index in [2.05, 4.69) is 30.9 Å². The first-order chi connectivity index (χ1) is 12.6. The molecule has 0 saturated heterocycles. The van der Waals surface area contributed by atoms with Crippen molar-refractivity contribution in [3.63, 3.8) is 0 Å². The van der Waals surface area contributed by atoms with Crippen LogP contribution >= 0.6 is 0 Å². The molecule has 0 bridgehead atoms. The topological polar surface area (TPSA) is 182 Å². The Bertz CT molecular complexity index is 682. The number of carbonyl (C=O) groups excluding carboxylic acids is 2. The van der Waals surface area contributed by atoms with Crippen molar-refractivity contribution in [2.24, 2.45) is 16.1 Å². The van der Waals surface area contributed by atoms with Crippen LogP contribution in [0.3, 0.4) is 0 Å². The van der Waals surface area contributed by atoms with Crippen LogP contribution in [0.5, 0.6) is 0 Å². The molecule has 4 N–H and O–H groups in total. The summed E-state index contributed by atoms with van der Waals surface area (Å²) in [5, 5.41) is 8.84. The summed E-state index contributed by atoms with van der Waals surface area (Å²) in [4.78, 5) is 29.5. The van der Waals surface area contributed by atoms with Crippen molar-refractivity contribution in [1.82, 2.24) is 10.7 Å². The van der Waals surface area contributed by atoms with E-state index in [0.717, 1.165) is 5.56 Å². The van der Waals surface area contributed by atoms with Crippen molar-refractivity contribution < 1.29 is 9.59 Å². The zero-order valence-corrected chi connectivity index (χ0v) is 14.2. The number of hydrogen-bond acceptors (Lipinski definition) is 4. The number of carbonyl (C=O) groups is 2. The van der Waals surface area contributed by atoms with Gasteiger partial charge in [0.15, 0.2) is 6.04 Å². The molecule has 0 aliphatic rings. The van der Waals surface area contributed by atoms with Gasteiger partial charge in [0, 0.05) is 11.3 Å². The molecule has 0 aliphatic heterocycles. The number of benzene rings is 1. The van der Waals surface area contributed by atoms with Gasteiger partial charge in [0.25, 0.3) is 5.91 Å². The first-order valence-corrected chi connectivity index (χ1v) is 8.05. The van der Waals surface area contributed by atoms with Gasteiger partial charge in [0.2, 0.25) is 5.91 Å². The second kappa shape index (κ2) is 12.2. The third-order valence-corrected chi connectivity index (χ3v) is 3.56. The largest absolute Gasteiger partial charge is 0.342 e. The van der Waals surface area contributed by atoms with Gasteiger partial charge in [-0.15, -0.1) is 5.53 Å². The molecule has 0 fully saturated rings. The lowest BCUT2D eigenvalue weighted by Gasteiger charge is -2.19. The number of nitrogens with one attached hydrogen (secondary N) is 2. The summed E-state index contributed by atoms with van der Waals surface area (Å²) in [6.45, 7) is 0.450. The molecule has 11 nitrogen and oxygen atoms in total. The minimum absolute atomic E-state index is 0.247. The van der Waals surface area contributed by atoms with Crippen molar-refractivity contribution in [3.05, 3.63) is 56.8 Å². The van der Waals surface area contributed by atoms with Crippen LogP contribution in [-0.4, -0.2) is 30.4 Å². The molecule has 1 aromatic carbocycles. The molecular formula is C15H21N9O2. The number of hydrogen-bond donors (Lipinski definition) is 3. The monoisotopic (exact) mass is 359 g/mol. The van der Waals surface area contributed by atoms with E-state index >= 15 is 0 Å². The molecule has 138 valence electrons. The van der Waals surface area contributed by atoms with Gasteiger partial charge in [-0.1, -0.05) is 30.3 Å². The summed E-state index contributed by atoms with van der Waals surface area (Å²) in [6, 6.07) is 7.27. The van der Waals surface area contributed by atoms with Gasteiger partial charge in [-0.05, 0) is 47.2 Å². The number of amides is 2. The standard InChI is InChI=1S/C15H21N9O2/c16-9-5-4-8-12(15(26)21-22-17)19-14(25)13(20-24-23-18)10-11-6-2-1-3-7-11/h1-3,6-7,12-13,20H,4-5,8-10,16H2,(H,19,25)/t12-,13-/m0/s1. The van der Waals surface area contributed by atoms with Gasteiger partial charge in [0.1, 0.15) is 0 Å². The Balaban J connectivity index is 2.85. The lowest BCUT2D eigenvalue weighted by atomic mass is 10.0. The number of nitrogens with two attached hydrogens (primary N) is 1. The Hall–Kier alpha value is -3.26. The fraction of sp³-hybridized carbons (Fsp3) is 0.467. The van der Waals surface area contributed by atoms with E-state index < -0.39 is 23.9 Å². The zero-order chi connectivity index (χ0) is 19.2. The fourth-order valence-corrected chi connectivity index (χ4v) is 2.28. The van der Waals surface area contributed by atoms with E-state index in [9.17, 15) is 9.59 Å². The molecule has 26 heavy (non-hydrogen) atoms. The SMILES string of the molecule is [N-]=[N+]=NN[C@@H](Cc1ccccc1)C(=O)N[C@@H](CCCCN)C(=O)N=[N+]=[N-]. The number of azide groups is 2. The summed E-state index contributed by atoms with van der Waals surface area (Å²) in [6.07, 6.45) is 1.79. The summed E-state index contributed by atoms with van der Waals surface area (Å²) in [5.74, 6) is -1.32. The molecule has 0 aliphatic carbocycles. The van der Waals surface area contributed by atoms with E-state index in [1.807, 2.05) is 30.3 Å². The van der Waals surface area contributed by atoms with E-state index in [1.54, 1.807) is 0 Å². The molecule has 0 radical (unpaired) electrons. The maximum absolute atomic E-state index is 12.5. The highest BCUT2D eigenvalue weighted by molar-refractivity contribution is 5.90. The van der Waals surface area contributed by atoms with Crippen LogP contribution in [0.25, 0.3) is 20.9 Å². The van der Waals surface area contributed by atoms with Crippen molar-refractivity contribution >= 4 is 11.8 Å². The number of nitrogens with zero attached hydrogens (tertiary/aromatic N) is 6. The van der Waals surface area contributed by atoms with Crippen LogP contribution in [0.1, 0.15) is 24.8 Å². The van der Waals surface area contributed by atoms with Crippen LogP contribution in [0.4, 0.5) is 0 Å². The second-order valence-electron chi connectivity index (χ2n) is 5.43. The number of rotatable bonds is 11. The van der Waals surface area contributed by atoms with Crippen LogP contribution in [0, 0.1) is 0 Å². The van der Waals surface area contributed by atoms with Gasteiger partial charge in [0.05, 0.1) is 6.04 Å². The van der Waals surface area contributed by atoms with E-state index in [1.165, 1.54) is 0 Å². The molecule has 0 heterocycles. The summed E-state index contributed by atoms with van der Waals surface area (Å²) < 4.78 is 0. The van der Waals surface area contributed by atoms with Gasteiger partial charge in [-0.2, -0.15) is 4.91 Å². The first-order valence-electron chi connectivity index (χ1n) is 8.05. The molecule has 11 heteroatoms. The first kappa shape index (κ1) is 20.8. The third kappa shape index (κ3) is 7.54. The highest BCUT2D eigenvalue weighted by Gasteiger charge is 2.26. The van der Waals surface area contributed by atoms with Gasteiger partial charge >= 0.3 is 0 Å². The Morgan fingerprint density at radius 1 is 1.12 bits per heavy atom. The maximum atomic E-state index is 12.5. The Morgan fingerprint density at radius 3 is 2.46 bits per heavy atom. The quantitative estimate of drug-likeness (QED) is 0.179. The summed E-state index contributed by atoms with van der Waals surface area (Å²) in [7, 11) is 0. The van der Waals surface area contributed by atoms with Gasteiger partial charge < -0.3 is 11.1 Å². The Kier molecular flexibility index (Phi) is 9.71. The third-order valence-electron chi connectivity index (χ3n) is 3.56. The number of unbranched alkanes of at least 4 members (excludes halogenated alkanes) is 1. The smallest absolute Gasteiger partial charge is 0.266 e. The fourth-order valence-electron chi connectivity index (χ4n) is 2.28. The predicted octanol–water partition coefficient (Wildman–Crippen LogP) is 1.86. The molecule has 2 atom stereocenters. The van der Waals surface area contributed by atoms with Crippen molar-refractivity contribution in [2.75, 3.05) is 6.54 Å². The highest BCUT2D eigenvalue weighted by atomic mass is 16.2. The summed E-state index contributed by atoms with van der Waals surface area (Å²) >= 11 is 0. The second-order valence-corrected chi connectivity index (χ2v) is 5.43. The van der Waals surface area contributed by atoms with Crippen LogP contribution in [0.2, 0.25) is 0 Å². The minimum atomic E-state index is -0.962. The van der Waals surface area contributed by atoms with Crippen molar-refractivity contribution in [2.45, 2.75) is 37.8 Å². The van der Waals surface area contributed by atoms with Crippen LogP contribution in [0.15, 0.2) is 40.7 Å². The van der Waals surface area contributed by atoms with Crippen molar-refractivity contribution in [3.8, 4) is 0 Å². The van der Waals surface area contributed by atoms with Gasteiger partial charge in [-0.25, -0.2) is 5.43 Å². The Morgan fingerprint density at radius 2 is 1.85 bits per heavy atom. The normalized spacial score (nSPS) is 12.0. The molecule has 2 amide bonds. The average Bonchev–Trinajstić information content (AvgIpc) is 2.65. The van der Waals surface area contributed by atoms with Crippen molar-refractivity contribution in [1.29, 1.82) is 0 Å². The lowest BCUT2D eigenvalue weighted by molar-refractivity contribution is -0.128. The lowest BCUT2D eigenvalue weighted by Crippen LogP contribution is -2.49. The van der Waals surface area contributed by atoms with E-state index in [-0.39, 0.29) is 6.42 Å². The summed E-state index contributed by atoms with van der Waals surface area (Å²) in [5.41, 5.74) is 25.6. The van der Waals surface area contributed by atoms with E-state index in [0.29, 0.717) is 25.8 Å². The van der Waals surface area contributed by atoms with Gasteiger partial charge in [-0.3, -0.25) is 9.59 Å². The molecule has 0 aromatic heterocycles. The predicted molar refractivity (Wildman–Crippen MR) is 95.2 cm³/mol. The maximum Gasteiger partial charge on any atom is 0.266 e. The molecule has 0 saturated carbocycles. The molecule has 1 rings (SSSR count). The molecule has 0 unspecified atom stereocenters. The van der Waals surface area contributed by atoms with E-state index in [4.69, 9.17) is 16.8 Å².